The van der Waals surface area contributed by atoms with Crippen LogP contribution in [-0.2, 0) is 17.9 Å². The third-order valence-electron chi connectivity index (χ3n) is 4.45. The molecule has 28 heavy (non-hydrogen) atoms. The van der Waals surface area contributed by atoms with E-state index in [-0.39, 0.29) is 24.4 Å². The molecule has 2 heterocycles. The number of nitrogens with one attached hydrogen (secondary N) is 1. The Labute approximate surface area is 161 Å². The summed E-state index contributed by atoms with van der Waals surface area (Å²) in [6.45, 7) is 0.957. The van der Waals surface area contributed by atoms with Gasteiger partial charge >= 0.3 is 0 Å². The summed E-state index contributed by atoms with van der Waals surface area (Å²) in [7, 11) is 0. The highest BCUT2D eigenvalue weighted by Crippen LogP contribution is 2.12. The third-order valence-corrected chi connectivity index (χ3v) is 4.45. The summed E-state index contributed by atoms with van der Waals surface area (Å²) in [5, 5.41) is 3.44. The summed E-state index contributed by atoms with van der Waals surface area (Å²) < 4.78 is 3.43. The summed E-state index contributed by atoms with van der Waals surface area (Å²) in [6, 6.07) is 14.9. The lowest BCUT2D eigenvalue weighted by atomic mass is 10.2. The summed E-state index contributed by atoms with van der Waals surface area (Å²) >= 11 is 0. The smallest absolute Gasteiger partial charge is 0.261 e. The van der Waals surface area contributed by atoms with Crippen LogP contribution in [0.2, 0.25) is 0 Å². The monoisotopic (exact) mass is 373 g/mol. The molecular weight excluding hydrogens is 354 g/mol. The zero-order valence-corrected chi connectivity index (χ0v) is 15.2. The summed E-state index contributed by atoms with van der Waals surface area (Å²) in [6.07, 6.45) is 7.05. The van der Waals surface area contributed by atoms with E-state index in [9.17, 15) is 9.59 Å². The number of benzene rings is 2. The van der Waals surface area contributed by atoms with Crippen LogP contribution in [0.3, 0.4) is 0 Å². The fraction of sp³-hybridized carbons (Fsp3) is 0.143. The van der Waals surface area contributed by atoms with Gasteiger partial charge in [0, 0.05) is 37.6 Å². The molecule has 4 rings (SSSR count). The SMILES string of the molecule is O=C(CCn1cnc2ccccc2c1=O)Nc1cccc(Cn2ccnc2)c1. The maximum atomic E-state index is 12.5. The number of anilines is 1. The lowest BCUT2D eigenvalue weighted by molar-refractivity contribution is -0.116. The number of hydrogen-bond donors (Lipinski definition) is 1. The molecule has 0 atom stereocenters. The molecule has 0 radical (unpaired) electrons. The van der Waals surface area contributed by atoms with Gasteiger partial charge < -0.3 is 9.88 Å². The van der Waals surface area contributed by atoms with E-state index in [0.29, 0.717) is 17.4 Å². The van der Waals surface area contributed by atoms with E-state index in [0.717, 1.165) is 11.3 Å². The highest BCUT2D eigenvalue weighted by molar-refractivity contribution is 5.90. The zero-order chi connectivity index (χ0) is 19.3. The summed E-state index contributed by atoms with van der Waals surface area (Å²) in [4.78, 5) is 33.1. The fourth-order valence-electron chi connectivity index (χ4n) is 3.05. The second-order valence-corrected chi connectivity index (χ2v) is 6.49. The minimum Gasteiger partial charge on any atom is -0.333 e. The minimum atomic E-state index is -0.153. The second-order valence-electron chi connectivity index (χ2n) is 6.49. The Morgan fingerprint density at radius 1 is 1.07 bits per heavy atom. The van der Waals surface area contributed by atoms with Crippen molar-refractivity contribution < 1.29 is 4.79 Å². The molecule has 7 nitrogen and oxygen atoms in total. The van der Waals surface area contributed by atoms with Gasteiger partial charge in [-0.25, -0.2) is 9.97 Å². The molecule has 0 aliphatic heterocycles. The predicted octanol–water partition coefficient (Wildman–Crippen LogP) is 2.67. The van der Waals surface area contributed by atoms with Gasteiger partial charge in [-0.3, -0.25) is 14.2 Å². The van der Waals surface area contributed by atoms with Gasteiger partial charge in [0.1, 0.15) is 0 Å². The van der Waals surface area contributed by atoms with E-state index in [1.807, 2.05) is 41.1 Å². The van der Waals surface area contributed by atoms with Crippen LogP contribution in [0.1, 0.15) is 12.0 Å². The average Bonchev–Trinajstić information content (AvgIpc) is 3.21. The first kappa shape index (κ1) is 17.7. The zero-order valence-electron chi connectivity index (χ0n) is 15.2. The number of amides is 1. The number of aromatic nitrogens is 4. The number of nitrogens with zero attached hydrogens (tertiary/aromatic N) is 4. The van der Waals surface area contributed by atoms with Crippen LogP contribution in [0.25, 0.3) is 10.9 Å². The highest BCUT2D eigenvalue weighted by atomic mass is 16.1. The van der Waals surface area contributed by atoms with Crippen molar-refractivity contribution in [3.63, 3.8) is 0 Å². The van der Waals surface area contributed by atoms with Crippen molar-refractivity contribution in [2.75, 3.05) is 5.32 Å². The molecule has 0 aliphatic carbocycles. The number of carbonyl (C=O) groups excluding carboxylic acids is 1. The van der Waals surface area contributed by atoms with Gasteiger partial charge in [0.05, 0.1) is 23.6 Å². The maximum Gasteiger partial charge on any atom is 0.261 e. The molecule has 7 heteroatoms. The second kappa shape index (κ2) is 7.87. The number of fused-ring (bicyclic) bond motifs is 1. The predicted molar refractivity (Wildman–Crippen MR) is 107 cm³/mol. The summed E-state index contributed by atoms with van der Waals surface area (Å²) in [5.41, 5.74) is 2.31. The molecule has 0 unspecified atom stereocenters. The van der Waals surface area contributed by atoms with Crippen LogP contribution in [-0.4, -0.2) is 25.0 Å². The number of para-hydroxylation sites is 1. The number of imidazole rings is 1. The fourth-order valence-corrected chi connectivity index (χ4v) is 3.05. The Bertz CT molecular complexity index is 1160. The molecule has 2 aromatic heterocycles. The Hall–Kier alpha value is -3.74. The first-order chi connectivity index (χ1) is 13.7. The molecule has 0 bridgehead atoms. The van der Waals surface area contributed by atoms with Gasteiger partial charge in [-0.2, -0.15) is 0 Å². The summed E-state index contributed by atoms with van der Waals surface area (Å²) in [5.74, 6) is -0.153. The molecule has 0 spiro atoms. The molecule has 0 aliphatic rings. The van der Waals surface area contributed by atoms with Crippen molar-refractivity contribution in [1.82, 2.24) is 19.1 Å². The van der Waals surface area contributed by atoms with E-state index < -0.39 is 0 Å². The number of aryl methyl sites for hydroxylation is 1. The van der Waals surface area contributed by atoms with Crippen LogP contribution < -0.4 is 10.9 Å². The van der Waals surface area contributed by atoms with Gasteiger partial charge in [-0.05, 0) is 29.8 Å². The number of rotatable bonds is 6. The first-order valence-corrected chi connectivity index (χ1v) is 8.98. The van der Waals surface area contributed by atoms with Crippen LogP contribution in [0, 0.1) is 0 Å². The minimum absolute atomic E-state index is 0.138. The quantitative estimate of drug-likeness (QED) is 0.563. The van der Waals surface area contributed by atoms with Crippen molar-refractivity contribution in [3.05, 3.63) is 89.5 Å². The van der Waals surface area contributed by atoms with E-state index in [2.05, 4.69) is 15.3 Å². The Morgan fingerprint density at radius 3 is 2.82 bits per heavy atom. The molecule has 140 valence electrons. The molecule has 1 amide bonds. The molecule has 0 saturated heterocycles. The van der Waals surface area contributed by atoms with Crippen LogP contribution in [0.5, 0.6) is 0 Å². The first-order valence-electron chi connectivity index (χ1n) is 8.98. The average molecular weight is 373 g/mol. The van der Waals surface area contributed by atoms with E-state index in [4.69, 9.17) is 0 Å². The lowest BCUT2D eigenvalue weighted by Gasteiger charge is -2.09. The normalized spacial score (nSPS) is 10.9. The number of hydrogen-bond acceptors (Lipinski definition) is 4. The molecule has 2 aromatic carbocycles. The topological polar surface area (TPSA) is 81.8 Å². The molecule has 1 N–H and O–H groups in total. The van der Waals surface area contributed by atoms with Gasteiger partial charge in [-0.1, -0.05) is 24.3 Å². The van der Waals surface area contributed by atoms with Crippen LogP contribution in [0.15, 0.2) is 78.4 Å². The van der Waals surface area contributed by atoms with Crippen molar-refractivity contribution in [3.8, 4) is 0 Å². The van der Waals surface area contributed by atoms with Crippen LogP contribution >= 0.6 is 0 Å². The van der Waals surface area contributed by atoms with Crippen LogP contribution in [0.4, 0.5) is 5.69 Å². The Kier molecular flexibility index (Phi) is 4.97. The standard InChI is InChI=1S/C21H19N5O2/c27-20(8-10-26-15-23-19-7-2-1-6-18(19)21(26)28)24-17-5-3-4-16(12-17)13-25-11-9-22-14-25/h1-7,9,11-12,14-15H,8,10,13H2,(H,24,27). The molecule has 0 saturated carbocycles. The Balaban J connectivity index is 1.40. The van der Waals surface area contributed by atoms with Crippen molar-refractivity contribution >= 4 is 22.5 Å². The third kappa shape index (κ3) is 3.98. The van der Waals surface area contributed by atoms with Gasteiger partial charge in [0.15, 0.2) is 0 Å². The van der Waals surface area contributed by atoms with E-state index in [1.165, 1.54) is 10.9 Å². The van der Waals surface area contributed by atoms with Crippen molar-refractivity contribution in [1.29, 1.82) is 0 Å². The molecule has 4 aromatic rings. The van der Waals surface area contributed by atoms with Crippen molar-refractivity contribution in [2.45, 2.75) is 19.5 Å². The maximum absolute atomic E-state index is 12.5. The van der Waals surface area contributed by atoms with E-state index >= 15 is 0 Å². The highest BCUT2D eigenvalue weighted by Gasteiger charge is 2.07. The number of carbonyl (C=O) groups is 1. The molecular formula is C21H19N5O2. The van der Waals surface area contributed by atoms with Gasteiger partial charge in [0.25, 0.3) is 5.56 Å². The van der Waals surface area contributed by atoms with Gasteiger partial charge in [-0.15, -0.1) is 0 Å². The van der Waals surface area contributed by atoms with Crippen molar-refractivity contribution in [2.24, 2.45) is 0 Å². The van der Waals surface area contributed by atoms with Gasteiger partial charge in [0.2, 0.25) is 5.91 Å². The van der Waals surface area contributed by atoms with E-state index in [1.54, 1.807) is 30.7 Å². The largest absolute Gasteiger partial charge is 0.333 e. The lowest BCUT2D eigenvalue weighted by Crippen LogP contribution is -2.23. The Morgan fingerprint density at radius 2 is 1.96 bits per heavy atom. The molecule has 0 fully saturated rings.